The van der Waals surface area contributed by atoms with Crippen molar-refractivity contribution >= 4 is 64.0 Å². The molecule has 108 valence electrons. The number of nitrogen functional groups attached to an aromatic ring is 1. The van der Waals surface area contributed by atoms with Crippen LogP contribution in [0.4, 0.5) is 11.4 Å². The van der Waals surface area contributed by atoms with Crippen LogP contribution in [0.15, 0.2) is 46.2 Å². The van der Waals surface area contributed by atoms with E-state index in [1.807, 2.05) is 18.2 Å². The van der Waals surface area contributed by atoms with Gasteiger partial charge in [0.05, 0.1) is 5.69 Å². The molecule has 7 heteroatoms. The molecule has 0 fully saturated rings. The number of anilines is 2. The van der Waals surface area contributed by atoms with Gasteiger partial charge in [0.2, 0.25) is 5.91 Å². The molecular weight excluding hydrogens is 347 g/mol. The summed E-state index contributed by atoms with van der Waals surface area (Å²) in [5.41, 5.74) is 7.26. The van der Waals surface area contributed by atoms with E-state index in [9.17, 15) is 4.79 Å². The van der Waals surface area contributed by atoms with Gasteiger partial charge in [-0.3, -0.25) is 4.79 Å². The number of benzene rings is 2. The number of nitrogens with one attached hydrogen (secondary N) is 1. The van der Waals surface area contributed by atoms with Crippen molar-refractivity contribution in [1.29, 1.82) is 0 Å². The number of amides is 1. The molecule has 0 saturated heterocycles. The Balaban J connectivity index is 1.84. The van der Waals surface area contributed by atoms with Gasteiger partial charge in [0.1, 0.15) is 4.58 Å². The molecule has 0 aliphatic carbocycles. The molecule has 21 heavy (non-hydrogen) atoms. The monoisotopic (exact) mass is 356 g/mol. The molecular formula is C14H10Cl2N2OS2. The van der Waals surface area contributed by atoms with E-state index in [2.05, 4.69) is 5.32 Å². The summed E-state index contributed by atoms with van der Waals surface area (Å²) in [5, 5.41) is 4.05. The van der Waals surface area contributed by atoms with Crippen LogP contribution in [0.3, 0.4) is 0 Å². The number of fused-ring (bicyclic) bond motifs is 1. The van der Waals surface area contributed by atoms with Crippen molar-refractivity contribution in [3.05, 3.63) is 46.4 Å². The first-order chi connectivity index (χ1) is 10.0. The van der Waals surface area contributed by atoms with Gasteiger partial charge in [0.15, 0.2) is 0 Å². The minimum atomic E-state index is -0.304. The molecule has 2 aromatic carbocycles. The predicted molar refractivity (Wildman–Crippen MR) is 91.4 cm³/mol. The lowest BCUT2D eigenvalue weighted by Crippen LogP contribution is -2.26. The molecule has 1 amide bonds. The summed E-state index contributed by atoms with van der Waals surface area (Å²) in [7, 11) is 0. The normalized spacial score (nSPS) is 17.2. The molecule has 1 aliphatic heterocycles. The molecule has 3 rings (SSSR count). The minimum Gasteiger partial charge on any atom is -0.398 e. The van der Waals surface area contributed by atoms with E-state index in [0.29, 0.717) is 15.7 Å². The molecule has 0 aromatic heterocycles. The Morgan fingerprint density at radius 2 is 1.86 bits per heavy atom. The summed E-state index contributed by atoms with van der Waals surface area (Å²) < 4.78 is -0.304. The van der Waals surface area contributed by atoms with Gasteiger partial charge < -0.3 is 11.1 Å². The quantitative estimate of drug-likeness (QED) is 0.763. The van der Waals surface area contributed by atoms with Crippen molar-refractivity contribution in [3.8, 4) is 0 Å². The van der Waals surface area contributed by atoms with E-state index < -0.39 is 0 Å². The Hall–Kier alpha value is -1.01. The second kappa shape index (κ2) is 6.01. The molecule has 1 heterocycles. The van der Waals surface area contributed by atoms with Gasteiger partial charge in [-0.05, 0) is 36.4 Å². The maximum absolute atomic E-state index is 12.2. The predicted octanol–water partition coefficient (Wildman–Crippen LogP) is 4.74. The van der Waals surface area contributed by atoms with Gasteiger partial charge in [-0.2, -0.15) is 0 Å². The van der Waals surface area contributed by atoms with Crippen molar-refractivity contribution in [2.75, 3.05) is 11.1 Å². The summed E-state index contributed by atoms with van der Waals surface area (Å²) >= 11 is 14.7. The van der Waals surface area contributed by atoms with Crippen LogP contribution in [0.5, 0.6) is 0 Å². The molecule has 0 saturated carbocycles. The Morgan fingerprint density at radius 1 is 1.14 bits per heavy atom. The third kappa shape index (κ3) is 3.26. The number of hydrogen-bond acceptors (Lipinski definition) is 4. The lowest BCUT2D eigenvalue weighted by atomic mass is 10.3. The highest BCUT2D eigenvalue weighted by Gasteiger charge is 2.28. The number of carbonyl (C=O) groups excluding carboxylic acids is 1. The Morgan fingerprint density at radius 3 is 2.62 bits per heavy atom. The highest BCUT2D eigenvalue weighted by atomic mass is 35.5. The van der Waals surface area contributed by atoms with Crippen LogP contribution in [-0.2, 0) is 4.79 Å². The highest BCUT2D eigenvalue weighted by Crippen LogP contribution is 2.44. The Kier molecular flexibility index (Phi) is 4.26. The lowest BCUT2D eigenvalue weighted by Gasteiger charge is -2.24. The number of thioether (sulfide) groups is 2. The first-order valence-electron chi connectivity index (χ1n) is 6.02. The van der Waals surface area contributed by atoms with E-state index in [1.165, 1.54) is 23.5 Å². The zero-order chi connectivity index (χ0) is 15.0. The summed E-state index contributed by atoms with van der Waals surface area (Å²) in [5.74, 6) is -0.0749. The number of rotatable bonds is 2. The van der Waals surface area contributed by atoms with Crippen LogP contribution in [-0.4, -0.2) is 10.5 Å². The summed E-state index contributed by atoms with van der Waals surface area (Å²) in [4.78, 5) is 14.0. The topological polar surface area (TPSA) is 55.1 Å². The van der Waals surface area contributed by atoms with Crippen LogP contribution < -0.4 is 11.1 Å². The standard InChI is InChI=1S/C14H10Cl2N2OS2/c15-7-1-3-11(9(17)5-7)20-14-13(19)18-10-6-8(16)2-4-12(10)21-14/h1-6,14H,17H2,(H,18,19). The van der Waals surface area contributed by atoms with Crippen LogP contribution in [0, 0.1) is 0 Å². The molecule has 0 bridgehead atoms. The van der Waals surface area contributed by atoms with Crippen LogP contribution >= 0.6 is 46.7 Å². The zero-order valence-electron chi connectivity index (χ0n) is 10.6. The van der Waals surface area contributed by atoms with Gasteiger partial charge in [-0.1, -0.05) is 46.7 Å². The third-order valence-electron chi connectivity index (χ3n) is 2.85. The van der Waals surface area contributed by atoms with Gasteiger partial charge in [-0.15, -0.1) is 0 Å². The average Bonchev–Trinajstić information content (AvgIpc) is 2.42. The zero-order valence-corrected chi connectivity index (χ0v) is 13.7. The first-order valence-corrected chi connectivity index (χ1v) is 8.53. The second-order valence-corrected chi connectivity index (χ2v) is 7.84. The average molecular weight is 357 g/mol. The van der Waals surface area contributed by atoms with Gasteiger partial charge in [-0.25, -0.2) is 0 Å². The lowest BCUT2D eigenvalue weighted by molar-refractivity contribution is -0.114. The van der Waals surface area contributed by atoms with Gasteiger partial charge in [0.25, 0.3) is 0 Å². The highest BCUT2D eigenvalue weighted by molar-refractivity contribution is 8.18. The van der Waals surface area contributed by atoms with Crippen LogP contribution in [0.2, 0.25) is 10.0 Å². The van der Waals surface area contributed by atoms with Crippen molar-refractivity contribution in [2.24, 2.45) is 0 Å². The largest absolute Gasteiger partial charge is 0.398 e. The molecule has 1 aliphatic rings. The smallest absolute Gasteiger partial charge is 0.248 e. The molecule has 1 unspecified atom stereocenters. The number of halogens is 2. The molecule has 3 nitrogen and oxygen atoms in total. The van der Waals surface area contributed by atoms with E-state index in [1.54, 1.807) is 18.2 Å². The first kappa shape index (κ1) is 14.9. The molecule has 3 N–H and O–H groups in total. The maximum Gasteiger partial charge on any atom is 0.248 e. The van der Waals surface area contributed by atoms with Crippen molar-refractivity contribution in [3.63, 3.8) is 0 Å². The summed E-state index contributed by atoms with van der Waals surface area (Å²) in [6, 6.07) is 10.7. The summed E-state index contributed by atoms with van der Waals surface area (Å²) in [6.45, 7) is 0. The van der Waals surface area contributed by atoms with E-state index in [0.717, 1.165) is 15.5 Å². The van der Waals surface area contributed by atoms with Gasteiger partial charge in [0, 0.05) is 25.5 Å². The van der Waals surface area contributed by atoms with Crippen molar-refractivity contribution in [2.45, 2.75) is 14.4 Å². The van der Waals surface area contributed by atoms with E-state index >= 15 is 0 Å². The van der Waals surface area contributed by atoms with Crippen LogP contribution in [0.1, 0.15) is 0 Å². The van der Waals surface area contributed by atoms with E-state index in [-0.39, 0.29) is 10.5 Å². The van der Waals surface area contributed by atoms with Gasteiger partial charge >= 0.3 is 0 Å². The fourth-order valence-electron chi connectivity index (χ4n) is 1.88. The number of nitrogens with two attached hydrogens (primary N) is 1. The van der Waals surface area contributed by atoms with E-state index in [4.69, 9.17) is 28.9 Å². The fraction of sp³-hybridized carbons (Fsp3) is 0.0714. The minimum absolute atomic E-state index is 0.0749. The van der Waals surface area contributed by atoms with Crippen molar-refractivity contribution < 1.29 is 4.79 Å². The maximum atomic E-state index is 12.2. The van der Waals surface area contributed by atoms with Crippen LogP contribution in [0.25, 0.3) is 0 Å². The van der Waals surface area contributed by atoms with Crippen molar-refractivity contribution in [1.82, 2.24) is 0 Å². The molecule has 1 atom stereocenters. The number of carbonyl (C=O) groups is 1. The SMILES string of the molecule is Nc1cc(Cl)ccc1SC1Sc2ccc(Cl)cc2NC1=O. The molecule has 2 aromatic rings. The Labute approximate surface area is 140 Å². The molecule has 0 spiro atoms. The number of hydrogen-bond donors (Lipinski definition) is 2. The second-order valence-electron chi connectivity index (χ2n) is 4.38. The summed E-state index contributed by atoms with van der Waals surface area (Å²) in [6.07, 6.45) is 0. The fourth-order valence-corrected chi connectivity index (χ4v) is 4.57. The third-order valence-corrected chi connectivity index (χ3v) is 5.99. The Bertz CT molecular complexity index is 724. The molecule has 0 radical (unpaired) electrons.